The molecule has 160 valence electrons. The molecule has 1 amide bonds. The molecule has 2 aromatic carbocycles. The number of aryl methyl sites for hydroxylation is 2. The lowest BCUT2D eigenvalue weighted by Crippen LogP contribution is -2.42. The molecule has 31 heavy (non-hydrogen) atoms. The van der Waals surface area contributed by atoms with Crippen molar-refractivity contribution in [2.24, 2.45) is 4.99 Å². The second-order valence-electron chi connectivity index (χ2n) is 8.77. The molecule has 4 nitrogen and oxygen atoms in total. The summed E-state index contributed by atoms with van der Waals surface area (Å²) in [4.78, 5) is 20.2. The maximum Gasteiger partial charge on any atom is 0.264 e. The maximum atomic E-state index is 12.6. The van der Waals surface area contributed by atoms with Gasteiger partial charge in [-0.1, -0.05) is 25.1 Å². The Bertz CT molecular complexity index is 1140. The van der Waals surface area contributed by atoms with Crippen molar-refractivity contribution in [1.82, 2.24) is 5.32 Å². The first-order chi connectivity index (χ1) is 14.7. The third kappa shape index (κ3) is 4.19. The number of likely N-dealkylation sites (N-methyl/N-ethyl adjacent to an activating group) is 1. The Labute approximate surface area is 189 Å². The van der Waals surface area contributed by atoms with E-state index in [-0.39, 0.29) is 11.4 Å². The Kier molecular flexibility index (Phi) is 5.56. The van der Waals surface area contributed by atoms with Crippen LogP contribution in [-0.4, -0.2) is 23.7 Å². The lowest BCUT2D eigenvalue weighted by molar-refractivity contribution is -0.115. The van der Waals surface area contributed by atoms with Crippen molar-refractivity contribution in [3.63, 3.8) is 0 Å². The van der Waals surface area contributed by atoms with E-state index in [0.717, 1.165) is 23.2 Å². The number of fused-ring (bicyclic) bond motifs is 1. The fourth-order valence-electron chi connectivity index (χ4n) is 4.02. The van der Waals surface area contributed by atoms with Crippen molar-refractivity contribution >= 4 is 45.9 Å². The Morgan fingerprint density at radius 1 is 1.16 bits per heavy atom. The van der Waals surface area contributed by atoms with Crippen molar-refractivity contribution in [3.8, 4) is 0 Å². The Hall–Kier alpha value is -2.79. The van der Waals surface area contributed by atoms with Crippen LogP contribution in [-0.2, 0) is 11.2 Å². The summed E-state index contributed by atoms with van der Waals surface area (Å²) in [6, 6.07) is 12.5. The second kappa shape index (κ2) is 8.04. The summed E-state index contributed by atoms with van der Waals surface area (Å²) in [6.45, 7) is 10.8. The number of amides is 1. The van der Waals surface area contributed by atoms with Gasteiger partial charge in [0.05, 0.1) is 16.1 Å². The van der Waals surface area contributed by atoms with E-state index in [2.05, 4.69) is 87.2 Å². The van der Waals surface area contributed by atoms with Gasteiger partial charge in [-0.05, 0) is 98.5 Å². The van der Waals surface area contributed by atoms with E-state index in [1.165, 1.54) is 34.1 Å². The van der Waals surface area contributed by atoms with E-state index in [9.17, 15) is 4.79 Å². The van der Waals surface area contributed by atoms with Gasteiger partial charge in [-0.2, -0.15) is 0 Å². The predicted molar refractivity (Wildman–Crippen MR) is 134 cm³/mol. The molecule has 2 aliphatic heterocycles. The van der Waals surface area contributed by atoms with Gasteiger partial charge in [0.25, 0.3) is 5.91 Å². The molecule has 5 heteroatoms. The minimum absolute atomic E-state index is 0.0224. The third-order valence-corrected chi connectivity index (χ3v) is 7.03. The normalized spacial score (nSPS) is 20.1. The van der Waals surface area contributed by atoms with Crippen LogP contribution in [0.15, 0.2) is 52.4 Å². The highest BCUT2D eigenvalue weighted by Gasteiger charge is 2.29. The zero-order valence-electron chi connectivity index (χ0n) is 19.0. The average molecular weight is 432 g/mol. The highest BCUT2D eigenvalue weighted by molar-refractivity contribution is 8.18. The van der Waals surface area contributed by atoms with Crippen LogP contribution in [0.25, 0.3) is 11.6 Å². The number of aliphatic imine (C=N–C) groups is 1. The molecule has 2 heterocycles. The fraction of sp³-hybridized carbons (Fsp3) is 0.308. The SMILES string of the molecule is CCc1ccc(N=C2NC(=O)/C(=C/c3cc4c(cc3C)N(C)C(C)(C)C=C4C)S2)cc1. The largest absolute Gasteiger partial charge is 0.365 e. The number of hydrogen-bond donors (Lipinski definition) is 1. The van der Waals surface area contributed by atoms with Crippen LogP contribution >= 0.6 is 11.8 Å². The molecular formula is C26H29N3OS. The van der Waals surface area contributed by atoms with Gasteiger partial charge in [-0.15, -0.1) is 0 Å². The summed E-state index contributed by atoms with van der Waals surface area (Å²) in [5, 5.41) is 3.51. The monoisotopic (exact) mass is 431 g/mol. The van der Waals surface area contributed by atoms with Crippen LogP contribution in [0.2, 0.25) is 0 Å². The van der Waals surface area contributed by atoms with Crippen LogP contribution in [0, 0.1) is 6.92 Å². The van der Waals surface area contributed by atoms with Gasteiger partial charge in [0.2, 0.25) is 0 Å². The van der Waals surface area contributed by atoms with E-state index < -0.39 is 0 Å². The van der Waals surface area contributed by atoms with E-state index in [1.807, 2.05) is 18.2 Å². The van der Waals surface area contributed by atoms with Gasteiger partial charge < -0.3 is 10.2 Å². The minimum Gasteiger partial charge on any atom is -0.365 e. The number of benzene rings is 2. The molecule has 0 bridgehead atoms. The maximum absolute atomic E-state index is 12.6. The summed E-state index contributed by atoms with van der Waals surface area (Å²) in [7, 11) is 2.13. The zero-order chi connectivity index (χ0) is 22.3. The van der Waals surface area contributed by atoms with Gasteiger partial charge in [0, 0.05) is 18.3 Å². The number of thioether (sulfide) groups is 1. The van der Waals surface area contributed by atoms with Crippen molar-refractivity contribution in [1.29, 1.82) is 0 Å². The fourth-order valence-corrected chi connectivity index (χ4v) is 4.85. The number of nitrogens with one attached hydrogen (secondary N) is 1. The first-order valence-corrected chi connectivity index (χ1v) is 11.5. The topological polar surface area (TPSA) is 44.7 Å². The molecule has 1 N–H and O–H groups in total. The molecule has 4 rings (SSSR count). The predicted octanol–water partition coefficient (Wildman–Crippen LogP) is 6.08. The van der Waals surface area contributed by atoms with Crippen LogP contribution in [0.4, 0.5) is 11.4 Å². The molecule has 0 aliphatic carbocycles. The van der Waals surface area contributed by atoms with Crippen molar-refractivity contribution < 1.29 is 4.79 Å². The van der Waals surface area contributed by atoms with Gasteiger partial charge in [0.15, 0.2) is 5.17 Å². The van der Waals surface area contributed by atoms with Gasteiger partial charge >= 0.3 is 0 Å². The Morgan fingerprint density at radius 3 is 2.55 bits per heavy atom. The summed E-state index contributed by atoms with van der Waals surface area (Å²) in [5.74, 6) is -0.100. The Balaban J connectivity index is 1.64. The quantitative estimate of drug-likeness (QED) is 0.599. The molecular weight excluding hydrogens is 402 g/mol. The van der Waals surface area contributed by atoms with Crippen LogP contribution in [0.1, 0.15) is 49.9 Å². The Morgan fingerprint density at radius 2 is 1.87 bits per heavy atom. The molecule has 0 saturated carbocycles. The number of allylic oxidation sites excluding steroid dienone is 1. The zero-order valence-corrected chi connectivity index (χ0v) is 19.9. The van der Waals surface area contributed by atoms with Crippen LogP contribution in [0.5, 0.6) is 0 Å². The minimum atomic E-state index is -0.100. The lowest BCUT2D eigenvalue weighted by Gasteiger charge is -2.41. The highest BCUT2D eigenvalue weighted by atomic mass is 32.2. The highest BCUT2D eigenvalue weighted by Crippen LogP contribution is 2.40. The first-order valence-electron chi connectivity index (χ1n) is 10.6. The van der Waals surface area contributed by atoms with Gasteiger partial charge in [0.1, 0.15) is 0 Å². The summed E-state index contributed by atoms with van der Waals surface area (Å²) >= 11 is 1.39. The number of amidine groups is 1. The smallest absolute Gasteiger partial charge is 0.264 e. The van der Waals surface area contributed by atoms with E-state index >= 15 is 0 Å². The van der Waals surface area contributed by atoms with E-state index in [0.29, 0.717) is 10.1 Å². The lowest BCUT2D eigenvalue weighted by atomic mass is 9.87. The molecule has 0 spiro atoms. The molecule has 0 atom stereocenters. The van der Waals surface area contributed by atoms with Crippen LogP contribution < -0.4 is 10.2 Å². The number of carbonyl (C=O) groups is 1. The molecule has 0 radical (unpaired) electrons. The standard InChI is InChI=1S/C26H29N3OS/c1-7-18-8-10-20(11-9-18)27-25-28-24(30)23(31-25)14-19-13-21-17(3)15-26(4,5)29(6)22(21)12-16(19)2/h8-15H,7H2,1-6H3,(H,27,28,30)/b23-14-. The van der Waals surface area contributed by atoms with E-state index in [4.69, 9.17) is 0 Å². The number of nitrogens with zero attached hydrogens (tertiary/aromatic N) is 2. The number of hydrogen-bond acceptors (Lipinski definition) is 4. The summed E-state index contributed by atoms with van der Waals surface area (Å²) in [6.07, 6.45) is 5.27. The number of carbonyl (C=O) groups excluding carboxylic acids is 1. The molecule has 1 saturated heterocycles. The summed E-state index contributed by atoms with van der Waals surface area (Å²) < 4.78 is 0. The molecule has 1 fully saturated rings. The van der Waals surface area contributed by atoms with Gasteiger partial charge in [-0.25, -0.2) is 4.99 Å². The number of rotatable bonds is 3. The molecule has 0 aromatic heterocycles. The first kappa shape index (κ1) is 21.4. The van der Waals surface area contributed by atoms with Crippen molar-refractivity contribution in [2.75, 3.05) is 11.9 Å². The molecule has 0 unspecified atom stereocenters. The molecule has 2 aliphatic rings. The average Bonchev–Trinajstić information content (AvgIpc) is 3.06. The molecule has 2 aromatic rings. The van der Waals surface area contributed by atoms with Gasteiger partial charge in [-0.3, -0.25) is 4.79 Å². The van der Waals surface area contributed by atoms with Crippen molar-refractivity contribution in [2.45, 2.75) is 46.6 Å². The van der Waals surface area contributed by atoms with E-state index in [1.54, 1.807) is 0 Å². The van der Waals surface area contributed by atoms with Crippen molar-refractivity contribution in [3.05, 3.63) is 69.6 Å². The number of anilines is 1. The second-order valence-corrected chi connectivity index (χ2v) is 9.80. The summed E-state index contributed by atoms with van der Waals surface area (Å²) in [5.41, 5.74) is 8.01. The van der Waals surface area contributed by atoms with Crippen LogP contribution in [0.3, 0.4) is 0 Å². The third-order valence-electron chi connectivity index (χ3n) is 6.12.